The van der Waals surface area contributed by atoms with Crippen molar-refractivity contribution in [3.8, 4) is 11.5 Å². The first-order chi connectivity index (χ1) is 31.2. The van der Waals surface area contributed by atoms with Crippen molar-refractivity contribution in [1.29, 1.82) is 0 Å². The molecule has 357 valence electrons. The van der Waals surface area contributed by atoms with Gasteiger partial charge < -0.3 is 28.1 Å². The van der Waals surface area contributed by atoms with Gasteiger partial charge in [-0.2, -0.15) is 0 Å². The van der Waals surface area contributed by atoms with E-state index in [0.717, 1.165) is 139 Å². The Hall–Kier alpha value is -3.31. The van der Waals surface area contributed by atoms with Gasteiger partial charge in [0.15, 0.2) is 0 Å². The number of quaternary nitrogens is 4. The van der Waals surface area contributed by atoms with Gasteiger partial charge in [0.1, 0.15) is 43.4 Å². The van der Waals surface area contributed by atoms with E-state index >= 15 is 0 Å². The van der Waals surface area contributed by atoms with Crippen LogP contribution in [0.15, 0.2) is 84.9 Å². The number of phenols is 2. The van der Waals surface area contributed by atoms with Crippen LogP contribution in [0, 0.1) is 5.92 Å². The molecule has 1 radical (unpaired) electrons. The van der Waals surface area contributed by atoms with E-state index in [1.54, 1.807) is 0 Å². The Morgan fingerprint density at radius 1 is 0.492 bits per heavy atom. The Kier molecular flexibility index (Phi) is 19.0. The third kappa shape index (κ3) is 13.2. The molecular formula is C56H86CoN6O2+4. The van der Waals surface area contributed by atoms with Crippen LogP contribution in [0.1, 0.15) is 131 Å². The minimum Gasteiger partial charge on any atom is -0.507 e. The van der Waals surface area contributed by atoms with Crippen LogP contribution >= 0.6 is 0 Å². The van der Waals surface area contributed by atoms with Crippen LogP contribution in [0.3, 0.4) is 0 Å². The average Bonchev–Trinajstić information content (AvgIpc) is 3.29. The zero-order chi connectivity index (χ0) is 44.9. The monoisotopic (exact) mass is 934 g/mol. The normalized spacial score (nSPS) is 23.9. The van der Waals surface area contributed by atoms with Crippen LogP contribution in [0.25, 0.3) is 0 Å². The van der Waals surface area contributed by atoms with Crippen LogP contribution in [-0.4, -0.2) is 125 Å². The van der Waals surface area contributed by atoms with Crippen LogP contribution in [-0.2, 0) is 43.0 Å². The summed E-state index contributed by atoms with van der Waals surface area (Å²) in [5.74, 6) is 0.871. The first kappa shape index (κ1) is 51.1. The molecular weight excluding hydrogens is 848 g/mol. The molecule has 4 aliphatic heterocycles. The predicted molar refractivity (Wildman–Crippen MR) is 268 cm³/mol. The average molecular weight is 934 g/mol. The van der Waals surface area contributed by atoms with Crippen LogP contribution in [0.4, 0.5) is 5.69 Å². The van der Waals surface area contributed by atoms with Gasteiger partial charge in [0, 0.05) is 57.4 Å². The van der Waals surface area contributed by atoms with Crippen molar-refractivity contribution in [2.45, 2.75) is 135 Å². The smallest absolute Gasteiger partial charge is 0.150 e. The minimum absolute atomic E-state index is 0. The number of hydrogen-bond donors (Lipinski definition) is 2. The molecule has 2 aromatic rings. The molecule has 1 saturated carbocycles. The number of benzene rings is 2. The molecule has 5 aliphatic rings. The molecule has 2 atom stereocenters. The van der Waals surface area contributed by atoms with Crippen molar-refractivity contribution in [2.24, 2.45) is 15.9 Å². The molecule has 2 aromatic carbocycles. The van der Waals surface area contributed by atoms with E-state index in [9.17, 15) is 10.2 Å². The van der Waals surface area contributed by atoms with Gasteiger partial charge in [0.05, 0.1) is 90.1 Å². The first-order valence-electron chi connectivity index (χ1n) is 25.8. The van der Waals surface area contributed by atoms with Crippen molar-refractivity contribution >= 4 is 18.1 Å². The fraction of sp³-hybridized carbons (Fsp3) is 0.607. The molecule has 0 spiro atoms. The second-order valence-electron chi connectivity index (χ2n) is 21.3. The summed E-state index contributed by atoms with van der Waals surface area (Å²) in [6.07, 6.45) is 31.8. The Morgan fingerprint density at radius 2 is 0.892 bits per heavy atom. The summed E-state index contributed by atoms with van der Waals surface area (Å²) in [7, 11) is 0. The van der Waals surface area contributed by atoms with Gasteiger partial charge in [-0.1, -0.05) is 39.2 Å². The maximum absolute atomic E-state index is 12.2. The maximum atomic E-state index is 12.2. The molecule has 4 saturated heterocycles. The zero-order valence-electron chi connectivity index (χ0n) is 40.3. The van der Waals surface area contributed by atoms with Crippen molar-refractivity contribution in [3.63, 3.8) is 0 Å². The Balaban J connectivity index is 0.00000700. The zero-order valence-corrected chi connectivity index (χ0v) is 41.3. The summed E-state index contributed by atoms with van der Waals surface area (Å²) in [4.78, 5) is 10.6. The second kappa shape index (κ2) is 24.1. The molecule has 0 aromatic heterocycles. The van der Waals surface area contributed by atoms with E-state index in [-0.39, 0.29) is 28.7 Å². The molecule has 9 heteroatoms. The van der Waals surface area contributed by atoms with E-state index in [1.165, 1.54) is 114 Å². The number of aliphatic imine (C=N–C) groups is 2. The van der Waals surface area contributed by atoms with Gasteiger partial charge in [0.25, 0.3) is 0 Å². The van der Waals surface area contributed by atoms with E-state index < -0.39 is 0 Å². The number of rotatable bonds is 20. The van der Waals surface area contributed by atoms with Gasteiger partial charge in [-0.25, -0.2) is 0 Å². The summed E-state index contributed by atoms with van der Waals surface area (Å²) in [6, 6.07) is 9.11. The summed E-state index contributed by atoms with van der Waals surface area (Å²) in [6.45, 7) is 33.2. The van der Waals surface area contributed by atoms with Gasteiger partial charge in [-0.3, -0.25) is 9.98 Å². The standard InChI is InChI=1S/C56H84N6O2.Co/c1-5-25-59(29-15-9-16-30-59)43-47-37-50(55(63)51(38-47)45-61(27-7-3)33-19-11-20-34-61)42-57-53-24-14-13-23-49(53)41-58-54-40-48(44-60(26-6-2)31-17-10-18-32-60)39-52(56(54)64)46-62(28-8-4)35-21-12-22-36-62;/h5-8,37-42,49,53H,1-4,9-36,43-46H2;/q+2;/p+2/t49-,53+;/m0./s1. The van der Waals surface area contributed by atoms with Crippen molar-refractivity contribution in [2.75, 3.05) is 78.5 Å². The summed E-state index contributed by atoms with van der Waals surface area (Å²) >= 11 is 0. The van der Waals surface area contributed by atoms with Gasteiger partial charge in [-0.05, 0) is 138 Å². The van der Waals surface area contributed by atoms with Crippen LogP contribution in [0.5, 0.6) is 11.5 Å². The molecule has 5 fully saturated rings. The molecule has 65 heavy (non-hydrogen) atoms. The fourth-order valence-corrected chi connectivity index (χ4v) is 12.9. The SMILES string of the molecule is C=CC[N+]1(Cc2cc(C=N[C@@H]3CCCC[C@H]3C=Nc3cc(C[N+]4(CC=C)CCCCC4)cc(C[N+]4(CC=C)CCCCC4)c3O)c(O)c(C[N+]3(CC=C)CCCCC3)c2)CCCCC1.[Co]. The fourth-order valence-electron chi connectivity index (χ4n) is 12.9. The summed E-state index contributed by atoms with van der Waals surface area (Å²) in [5, 5.41) is 24.3. The van der Waals surface area contributed by atoms with Crippen LogP contribution < -0.4 is 0 Å². The Bertz CT molecular complexity index is 1810. The third-order valence-corrected chi connectivity index (χ3v) is 16.3. The van der Waals surface area contributed by atoms with Gasteiger partial charge in [0.2, 0.25) is 0 Å². The van der Waals surface area contributed by atoms with Crippen LogP contribution in [0.2, 0.25) is 0 Å². The molecule has 0 unspecified atom stereocenters. The number of nitrogens with zero attached hydrogens (tertiary/aromatic N) is 6. The summed E-state index contributed by atoms with van der Waals surface area (Å²) < 4.78 is 3.98. The van der Waals surface area contributed by atoms with E-state index in [2.05, 4.69) is 81.1 Å². The first-order valence-corrected chi connectivity index (χ1v) is 25.8. The Labute approximate surface area is 404 Å². The molecule has 8 nitrogen and oxygen atoms in total. The minimum atomic E-state index is 0. The maximum Gasteiger partial charge on any atom is 0.150 e. The number of phenolic OH excluding ortho intramolecular Hbond substituents is 2. The topological polar surface area (TPSA) is 65.2 Å². The molecule has 1 aliphatic carbocycles. The molecule has 4 heterocycles. The van der Waals surface area contributed by atoms with Crippen molar-refractivity contribution < 1.29 is 44.9 Å². The number of piperidine rings is 4. The third-order valence-electron chi connectivity index (χ3n) is 16.3. The molecule has 2 N–H and O–H groups in total. The van der Waals surface area contributed by atoms with Crippen molar-refractivity contribution in [3.05, 3.63) is 103 Å². The second-order valence-corrected chi connectivity index (χ2v) is 21.3. The quantitative estimate of drug-likeness (QED) is 0.0789. The van der Waals surface area contributed by atoms with Gasteiger partial charge >= 0.3 is 0 Å². The molecule has 0 amide bonds. The van der Waals surface area contributed by atoms with Gasteiger partial charge in [-0.15, -0.1) is 0 Å². The van der Waals surface area contributed by atoms with E-state index in [0.29, 0.717) is 17.2 Å². The Morgan fingerprint density at radius 3 is 1.34 bits per heavy atom. The van der Waals surface area contributed by atoms with E-state index in [4.69, 9.17) is 9.98 Å². The predicted octanol–water partition coefficient (Wildman–Crippen LogP) is 11.2. The summed E-state index contributed by atoms with van der Waals surface area (Å²) in [5.41, 5.74) is 6.17. The number of hydrogen-bond acceptors (Lipinski definition) is 4. The largest absolute Gasteiger partial charge is 0.507 e. The van der Waals surface area contributed by atoms with E-state index in [1.807, 2.05) is 6.21 Å². The van der Waals surface area contributed by atoms with Crippen molar-refractivity contribution in [1.82, 2.24) is 0 Å². The number of likely N-dealkylation sites (tertiary alicyclic amines) is 4. The number of aromatic hydroxyl groups is 2. The molecule has 0 bridgehead atoms. The molecule has 7 rings (SSSR count).